The number of morpholine rings is 1. The van der Waals surface area contributed by atoms with Gasteiger partial charge < -0.3 is 14.6 Å². The molecule has 0 radical (unpaired) electrons. The Balaban J connectivity index is 1.58. The van der Waals surface area contributed by atoms with Crippen LogP contribution >= 0.6 is 11.8 Å². The van der Waals surface area contributed by atoms with E-state index in [0.717, 1.165) is 12.2 Å². The van der Waals surface area contributed by atoms with Crippen LogP contribution in [0.25, 0.3) is 0 Å². The average Bonchev–Trinajstić information content (AvgIpc) is 3.22. The molecule has 1 aromatic heterocycles. The number of nitrogens with one attached hydrogen (secondary N) is 1. The van der Waals surface area contributed by atoms with E-state index < -0.39 is 10.0 Å². The number of benzene rings is 1. The van der Waals surface area contributed by atoms with Gasteiger partial charge in [0.05, 0.1) is 23.9 Å². The maximum atomic E-state index is 12.7. The molecule has 0 bridgehead atoms. The van der Waals surface area contributed by atoms with Gasteiger partial charge in [-0.15, -0.1) is 10.2 Å². The van der Waals surface area contributed by atoms with Crippen LogP contribution in [0.3, 0.4) is 0 Å². The van der Waals surface area contributed by atoms with Crippen molar-refractivity contribution in [3.63, 3.8) is 0 Å². The van der Waals surface area contributed by atoms with Crippen LogP contribution in [0.1, 0.15) is 36.5 Å². The predicted molar refractivity (Wildman–Crippen MR) is 124 cm³/mol. The summed E-state index contributed by atoms with van der Waals surface area (Å²) in [5, 5.41) is 11.8. The number of aromatic nitrogens is 3. The number of Topliss-reactive ketones (excluding diaryl/α,β-unsaturated/α-hetero) is 1. The quantitative estimate of drug-likeness (QED) is 0.282. The van der Waals surface area contributed by atoms with Gasteiger partial charge in [-0.25, -0.2) is 8.42 Å². The van der Waals surface area contributed by atoms with Crippen LogP contribution < -0.4 is 5.32 Å². The minimum atomic E-state index is -3.59. The largest absolute Gasteiger partial charge is 0.379 e. The lowest BCUT2D eigenvalue weighted by Gasteiger charge is -2.26. The van der Waals surface area contributed by atoms with Gasteiger partial charge in [0.25, 0.3) is 0 Å². The summed E-state index contributed by atoms with van der Waals surface area (Å²) in [6.07, 6.45) is 1.43. The fourth-order valence-electron chi connectivity index (χ4n) is 3.40. The Bertz CT molecular complexity index is 1060. The first kappa shape index (κ1) is 25.3. The van der Waals surface area contributed by atoms with Crippen molar-refractivity contribution >= 4 is 33.5 Å². The zero-order valence-corrected chi connectivity index (χ0v) is 20.5. The minimum absolute atomic E-state index is 0.0616. The Labute approximate surface area is 198 Å². The lowest BCUT2D eigenvalue weighted by Crippen LogP contribution is -2.40. The zero-order chi connectivity index (χ0) is 23.8. The molecule has 1 fully saturated rings. The second kappa shape index (κ2) is 11.7. The van der Waals surface area contributed by atoms with Gasteiger partial charge in [-0.1, -0.05) is 23.9 Å². The molecule has 1 amide bonds. The van der Waals surface area contributed by atoms with Crippen LogP contribution in [-0.4, -0.2) is 77.8 Å². The van der Waals surface area contributed by atoms with E-state index in [1.54, 1.807) is 12.1 Å². The van der Waals surface area contributed by atoms with E-state index in [1.165, 1.54) is 35.1 Å². The number of hydrogen-bond acceptors (Lipinski definition) is 8. The Morgan fingerprint density at radius 3 is 2.48 bits per heavy atom. The second-order valence-electron chi connectivity index (χ2n) is 7.48. The lowest BCUT2D eigenvalue weighted by atomic mass is 10.1. The molecule has 1 aromatic carbocycles. The molecule has 1 N–H and O–H groups in total. The summed E-state index contributed by atoms with van der Waals surface area (Å²) < 4.78 is 34.0. The van der Waals surface area contributed by atoms with Gasteiger partial charge in [-0.05, 0) is 25.5 Å². The smallest absolute Gasteiger partial charge is 0.243 e. The van der Waals surface area contributed by atoms with Crippen LogP contribution in [0, 0.1) is 0 Å². The summed E-state index contributed by atoms with van der Waals surface area (Å²) in [5.74, 6) is 0.802. The normalized spacial score (nSPS) is 14.8. The summed E-state index contributed by atoms with van der Waals surface area (Å²) in [5.41, 5.74) is 0.446. The SMILES string of the molecule is CCn1c(CCCNC(C)=O)nnc1SCC(=O)c1ccc(S(=O)(=O)N2CCOCC2)cc1. The zero-order valence-electron chi connectivity index (χ0n) is 18.8. The molecule has 0 unspecified atom stereocenters. The minimum Gasteiger partial charge on any atom is -0.379 e. The van der Waals surface area contributed by atoms with E-state index in [0.29, 0.717) is 56.5 Å². The van der Waals surface area contributed by atoms with Gasteiger partial charge in [-0.2, -0.15) is 4.31 Å². The van der Waals surface area contributed by atoms with Gasteiger partial charge in [-0.3, -0.25) is 9.59 Å². The molecule has 2 aromatic rings. The van der Waals surface area contributed by atoms with Gasteiger partial charge in [0.1, 0.15) is 5.82 Å². The summed E-state index contributed by atoms with van der Waals surface area (Å²) in [6.45, 7) is 6.13. The second-order valence-corrected chi connectivity index (χ2v) is 10.4. The first-order chi connectivity index (χ1) is 15.8. The maximum absolute atomic E-state index is 12.7. The molecule has 10 nitrogen and oxygen atoms in total. The van der Waals surface area contributed by atoms with Crippen molar-refractivity contribution in [2.45, 2.75) is 43.3 Å². The third-order valence-electron chi connectivity index (χ3n) is 5.18. The standard InChI is InChI=1S/C21H29N5O5S2/c1-3-26-20(5-4-10-22-16(2)27)23-24-21(26)32-15-19(28)17-6-8-18(9-7-17)33(29,30)25-11-13-31-14-12-25/h6-9H,3-5,10-15H2,1-2H3,(H,22,27). The monoisotopic (exact) mass is 495 g/mol. The van der Waals surface area contributed by atoms with Gasteiger partial charge in [0, 0.05) is 45.1 Å². The van der Waals surface area contributed by atoms with Crippen molar-refractivity contribution in [2.24, 2.45) is 0 Å². The molecular weight excluding hydrogens is 466 g/mol. The van der Waals surface area contributed by atoms with Crippen molar-refractivity contribution in [3.05, 3.63) is 35.7 Å². The van der Waals surface area contributed by atoms with Crippen LogP contribution in [0.2, 0.25) is 0 Å². The molecule has 0 saturated carbocycles. The van der Waals surface area contributed by atoms with E-state index in [2.05, 4.69) is 15.5 Å². The maximum Gasteiger partial charge on any atom is 0.243 e. The van der Waals surface area contributed by atoms with E-state index in [9.17, 15) is 18.0 Å². The van der Waals surface area contributed by atoms with Crippen LogP contribution in [0.15, 0.2) is 34.3 Å². The molecule has 1 aliphatic rings. The molecule has 12 heteroatoms. The molecule has 3 rings (SSSR count). The van der Waals surface area contributed by atoms with Crippen molar-refractivity contribution in [3.8, 4) is 0 Å². The molecule has 1 aliphatic heterocycles. The summed E-state index contributed by atoms with van der Waals surface area (Å²) >= 11 is 1.30. The van der Waals surface area contributed by atoms with Crippen molar-refractivity contribution in [2.75, 3.05) is 38.6 Å². The average molecular weight is 496 g/mol. The molecule has 180 valence electrons. The first-order valence-corrected chi connectivity index (χ1v) is 13.3. The Morgan fingerprint density at radius 2 is 1.85 bits per heavy atom. The number of carbonyl (C=O) groups excluding carboxylic acids is 2. The molecule has 0 spiro atoms. The number of sulfonamides is 1. The molecule has 0 aliphatic carbocycles. The third-order valence-corrected chi connectivity index (χ3v) is 8.06. The first-order valence-electron chi connectivity index (χ1n) is 10.8. The highest BCUT2D eigenvalue weighted by molar-refractivity contribution is 7.99. The van der Waals surface area contributed by atoms with Crippen molar-refractivity contribution < 1.29 is 22.7 Å². The van der Waals surface area contributed by atoms with E-state index in [1.807, 2.05) is 11.5 Å². The highest BCUT2D eigenvalue weighted by atomic mass is 32.2. The highest BCUT2D eigenvalue weighted by Crippen LogP contribution is 2.21. The predicted octanol–water partition coefficient (Wildman–Crippen LogP) is 1.36. The van der Waals surface area contributed by atoms with Crippen LogP contribution in [-0.2, 0) is 32.5 Å². The summed E-state index contributed by atoms with van der Waals surface area (Å²) in [7, 11) is -3.59. The highest BCUT2D eigenvalue weighted by Gasteiger charge is 2.26. The van der Waals surface area contributed by atoms with Gasteiger partial charge in [0.15, 0.2) is 10.9 Å². The van der Waals surface area contributed by atoms with E-state index in [4.69, 9.17) is 4.74 Å². The molecule has 2 heterocycles. The van der Waals surface area contributed by atoms with Crippen LogP contribution in [0.5, 0.6) is 0 Å². The summed E-state index contributed by atoms with van der Waals surface area (Å²) in [4.78, 5) is 23.8. The number of hydrogen-bond donors (Lipinski definition) is 1. The van der Waals surface area contributed by atoms with Crippen LogP contribution in [0.4, 0.5) is 0 Å². The topological polar surface area (TPSA) is 123 Å². The van der Waals surface area contributed by atoms with Gasteiger partial charge in [0.2, 0.25) is 15.9 Å². The van der Waals surface area contributed by atoms with E-state index >= 15 is 0 Å². The molecule has 0 atom stereocenters. The lowest BCUT2D eigenvalue weighted by molar-refractivity contribution is -0.118. The Morgan fingerprint density at radius 1 is 1.15 bits per heavy atom. The van der Waals surface area contributed by atoms with Crippen molar-refractivity contribution in [1.29, 1.82) is 0 Å². The number of ketones is 1. The number of ether oxygens (including phenoxy) is 1. The number of amides is 1. The third kappa shape index (κ3) is 6.62. The van der Waals surface area contributed by atoms with Gasteiger partial charge >= 0.3 is 0 Å². The molecule has 1 saturated heterocycles. The van der Waals surface area contributed by atoms with E-state index in [-0.39, 0.29) is 22.3 Å². The molecule has 33 heavy (non-hydrogen) atoms. The molecular formula is C21H29N5O5S2. The Kier molecular flexibility index (Phi) is 9.01. The number of thioether (sulfide) groups is 1. The fraction of sp³-hybridized carbons (Fsp3) is 0.524. The number of aryl methyl sites for hydroxylation is 1. The summed E-state index contributed by atoms with van der Waals surface area (Å²) in [6, 6.07) is 6.05. The number of carbonyl (C=O) groups is 2. The number of nitrogens with zero attached hydrogens (tertiary/aromatic N) is 4. The fourth-order valence-corrected chi connectivity index (χ4v) is 5.73. The Hall–Kier alpha value is -2.28. The van der Waals surface area contributed by atoms with Crippen molar-refractivity contribution in [1.82, 2.24) is 24.4 Å². The number of rotatable bonds is 11.